The maximum atomic E-state index is 5.91. The molecule has 1 aliphatic heterocycles. The third-order valence-corrected chi connectivity index (χ3v) is 3.63. The second-order valence-electron chi connectivity index (χ2n) is 5.07. The molecule has 0 bridgehead atoms. The van der Waals surface area contributed by atoms with Gasteiger partial charge in [-0.15, -0.1) is 0 Å². The number of benzene rings is 2. The third kappa shape index (κ3) is 1.54. The minimum Gasteiger partial charge on any atom is -0.489 e. The van der Waals surface area contributed by atoms with Crippen LogP contribution in [0, 0.1) is 0 Å². The summed E-state index contributed by atoms with van der Waals surface area (Å²) >= 11 is 0. The minimum absolute atomic E-state index is 0.00366. The van der Waals surface area contributed by atoms with Crippen molar-refractivity contribution < 1.29 is 4.74 Å². The van der Waals surface area contributed by atoms with Gasteiger partial charge >= 0.3 is 0 Å². The first-order valence-corrected chi connectivity index (χ1v) is 6.00. The number of fused-ring (bicyclic) bond motifs is 2. The van der Waals surface area contributed by atoms with Gasteiger partial charge in [-0.3, -0.25) is 0 Å². The molecule has 0 N–H and O–H groups in total. The van der Waals surface area contributed by atoms with Crippen LogP contribution in [-0.4, -0.2) is 0 Å². The third-order valence-electron chi connectivity index (χ3n) is 3.63. The number of hydrogen-bond acceptors (Lipinski definition) is 1. The zero-order chi connectivity index (χ0) is 11.9. The van der Waals surface area contributed by atoms with Gasteiger partial charge in [-0.05, 0) is 17.2 Å². The van der Waals surface area contributed by atoms with Gasteiger partial charge in [0.25, 0.3) is 0 Å². The quantitative estimate of drug-likeness (QED) is 0.659. The highest BCUT2D eigenvalue weighted by atomic mass is 16.5. The molecule has 0 unspecified atom stereocenters. The second kappa shape index (κ2) is 3.63. The predicted octanol–water partition coefficient (Wildman–Crippen LogP) is 3.90. The fraction of sp³-hybridized carbons (Fsp3) is 0.250. The molecule has 0 radical (unpaired) electrons. The van der Waals surface area contributed by atoms with E-state index in [9.17, 15) is 0 Å². The van der Waals surface area contributed by atoms with Crippen LogP contribution < -0.4 is 4.74 Å². The zero-order valence-electron chi connectivity index (χ0n) is 10.2. The van der Waals surface area contributed by atoms with Crippen molar-refractivity contribution in [1.82, 2.24) is 0 Å². The van der Waals surface area contributed by atoms with Gasteiger partial charge < -0.3 is 4.74 Å². The molecule has 0 saturated heterocycles. The highest BCUT2D eigenvalue weighted by molar-refractivity contribution is 5.50. The smallest absolute Gasteiger partial charge is 0.123 e. The van der Waals surface area contributed by atoms with E-state index < -0.39 is 0 Å². The number of hydrogen-bond donors (Lipinski definition) is 0. The number of ether oxygens (including phenoxy) is 1. The molecule has 0 aliphatic carbocycles. The lowest BCUT2D eigenvalue weighted by molar-refractivity contribution is 0.306. The fourth-order valence-corrected chi connectivity index (χ4v) is 2.67. The van der Waals surface area contributed by atoms with E-state index in [1.165, 1.54) is 16.7 Å². The predicted molar refractivity (Wildman–Crippen MR) is 69.3 cm³/mol. The SMILES string of the molecule is CC1(C)c2ccccc2COc2ccccc21. The lowest BCUT2D eigenvalue weighted by Crippen LogP contribution is -2.19. The topological polar surface area (TPSA) is 9.23 Å². The lowest BCUT2D eigenvalue weighted by Gasteiger charge is -2.26. The van der Waals surface area contributed by atoms with Crippen LogP contribution in [0.25, 0.3) is 0 Å². The van der Waals surface area contributed by atoms with E-state index in [0.717, 1.165) is 5.75 Å². The maximum absolute atomic E-state index is 5.91. The van der Waals surface area contributed by atoms with E-state index in [1.807, 2.05) is 6.07 Å². The molecule has 86 valence electrons. The molecule has 1 aliphatic rings. The van der Waals surface area contributed by atoms with Gasteiger partial charge in [-0.25, -0.2) is 0 Å². The van der Waals surface area contributed by atoms with Crippen molar-refractivity contribution in [1.29, 1.82) is 0 Å². The van der Waals surface area contributed by atoms with Crippen LogP contribution in [0.15, 0.2) is 48.5 Å². The Bertz CT molecular complexity index is 505. The van der Waals surface area contributed by atoms with Crippen LogP contribution in [0.4, 0.5) is 0 Å². The van der Waals surface area contributed by atoms with Crippen LogP contribution >= 0.6 is 0 Å². The Morgan fingerprint density at radius 3 is 2.35 bits per heavy atom. The van der Waals surface area contributed by atoms with E-state index >= 15 is 0 Å². The lowest BCUT2D eigenvalue weighted by atomic mass is 9.76. The summed E-state index contributed by atoms with van der Waals surface area (Å²) in [5.41, 5.74) is 3.92. The van der Waals surface area contributed by atoms with Gasteiger partial charge in [0.05, 0.1) is 0 Å². The summed E-state index contributed by atoms with van der Waals surface area (Å²) in [6.07, 6.45) is 0. The van der Waals surface area contributed by atoms with Gasteiger partial charge in [0.1, 0.15) is 12.4 Å². The van der Waals surface area contributed by atoms with E-state index in [1.54, 1.807) is 0 Å². The summed E-state index contributed by atoms with van der Waals surface area (Å²) in [5.74, 6) is 1.01. The summed E-state index contributed by atoms with van der Waals surface area (Å²) in [7, 11) is 0. The fourth-order valence-electron chi connectivity index (χ4n) is 2.67. The first-order chi connectivity index (χ1) is 8.19. The van der Waals surface area contributed by atoms with Crippen molar-refractivity contribution in [2.75, 3.05) is 0 Å². The monoisotopic (exact) mass is 224 g/mol. The van der Waals surface area contributed by atoms with E-state index in [2.05, 4.69) is 56.3 Å². The first-order valence-electron chi connectivity index (χ1n) is 6.00. The standard InChI is InChI=1S/C16H16O/c1-16(2)13-8-4-3-7-12(13)11-17-15-10-6-5-9-14(15)16/h3-10H,11H2,1-2H3. The molecule has 0 aromatic heterocycles. The highest BCUT2D eigenvalue weighted by Gasteiger charge is 2.30. The summed E-state index contributed by atoms with van der Waals surface area (Å²) in [4.78, 5) is 0. The van der Waals surface area contributed by atoms with Gasteiger partial charge in [-0.2, -0.15) is 0 Å². The normalized spacial score (nSPS) is 16.4. The molecule has 0 spiro atoms. The summed E-state index contributed by atoms with van der Waals surface area (Å²) in [5, 5.41) is 0. The molecule has 0 fully saturated rings. The second-order valence-corrected chi connectivity index (χ2v) is 5.07. The molecule has 2 aromatic rings. The largest absolute Gasteiger partial charge is 0.489 e. The van der Waals surface area contributed by atoms with Crippen LogP contribution in [0.2, 0.25) is 0 Å². The molecule has 0 saturated carbocycles. The van der Waals surface area contributed by atoms with Crippen molar-refractivity contribution in [2.24, 2.45) is 0 Å². The molecule has 3 rings (SSSR count). The van der Waals surface area contributed by atoms with Crippen molar-refractivity contribution in [2.45, 2.75) is 25.9 Å². The molecule has 1 heteroatoms. The maximum Gasteiger partial charge on any atom is 0.123 e. The number of rotatable bonds is 0. The van der Waals surface area contributed by atoms with Gasteiger partial charge in [0, 0.05) is 11.0 Å². The average Bonchev–Trinajstić information content (AvgIpc) is 2.47. The minimum atomic E-state index is 0.00366. The Hall–Kier alpha value is -1.76. The van der Waals surface area contributed by atoms with E-state index in [-0.39, 0.29) is 5.41 Å². The van der Waals surface area contributed by atoms with Crippen LogP contribution in [0.1, 0.15) is 30.5 Å². The highest BCUT2D eigenvalue weighted by Crippen LogP contribution is 2.41. The van der Waals surface area contributed by atoms with Gasteiger partial charge in [0.2, 0.25) is 0 Å². The van der Waals surface area contributed by atoms with Crippen LogP contribution in [0.3, 0.4) is 0 Å². The molecule has 0 amide bonds. The molecule has 2 aromatic carbocycles. The van der Waals surface area contributed by atoms with Crippen LogP contribution in [0.5, 0.6) is 5.75 Å². The molecule has 17 heavy (non-hydrogen) atoms. The van der Waals surface area contributed by atoms with E-state index in [0.29, 0.717) is 6.61 Å². The van der Waals surface area contributed by atoms with Crippen LogP contribution in [-0.2, 0) is 12.0 Å². The van der Waals surface area contributed by atoms with Gasteiger partial charge in [-0.1, -0.05) is 56.3 Å². The van der Waals surface area contributed by atoms with Gasteiger partial charge in [0.15, 0.2) is 0 Å². The Kier molecular flexibility index (Phi) is 2.22. The summed E-state index contributed by atoms with van der Waals surface area (Å²) < 4.78 is 5.91. The molecule has 1 nitrogen and oxygen atoms in total. The Balaban J connectivity index is 2.27. The van der Waals surface area contributed by atoms with Crippen molar-refractivity contribution in [3.05, 3.63) is 65.2 Å². The van der Waals surface area contributed by atoms with E-state index in [4.69, 9.17) is 4.74 Å². The Morgan fingerprint density at radius 2 is 1.53 bits per heavy atom. The molecular formula is C16H16O. The van der Waals surface area contributed by atoms with Crippen molar-refractivity contribution >= 4 is 0 Å². The van der Waals surface area contributed by atoms with Crippen molar-refractivity contribution in [3.63, 3.8) is 0 Å². The van der Waals surface area contributed by atoms with Crippen molar-refractivity contribution in [3.8, 4) is 5.75 Å². The summed E-state index contributed by atoms with van der Waals surface area (Å²) in [6.45, 7) is 5.19. The zero-order valence-corrected chi connectivity index (χ0v) is 10.2. The Morgan fingerprint density at radius 1 is 0.882 bits per heavy atom. The first kappa shape index (κ1) is 10.4. The Labute approximate surface area is 102 Å². The molecule has 0 atom stereocenters. The number of para-hydroxylation sites is 1. The average molecular weight is 224 g/mol. The summed E-state index contributed by atoms with van der Waals surface area (Å²) in [6, 6.07) is 16.9. The molecular weight excluding hydrogens is 208 g/mol. The molecule has 1 heterocycles.